The molecule has 2 bridgehead atoms. The van der Waals surface area contributed by atoms with Gasteiger partial charge in [0, 0.05) is 11.3 Å². The summed E-state index contributed by atoms with van der Waals surface area (Å²) in [5.74, 6) is 1.35. The van der Waals surface area contributed by atoms with Crippen molar-refractivity contribution in [1.29, 1.82) is 0 Å². The predicted molar refractivity (Wildman–Crippen MR) is 66.3 cm³/mol. The SMILES string of the molecule is C[C@@H]1C=CC[C@@]2(C)CC[C@@H]3C[C@]12OC3(C)C. The quantitative estimate of drug-likeness (QED) is 0.562. The van der Waals surface area contributed by atoms with E-state index in [-0.39, 0.29) is 11.2 Å². The summed E-state index contributed by atoms with van der Waals surface area (Å²) < 4.78 is 6.63. The summed E-state index contributed by atoms with van der Waals surface area (Å²) in [6.07, 6.45) is 9.94. The molecule has 0 aromatic carbocycles. The van der Waals surface area contributed by atoms with Crippen LogP contribution in [0.3, 0.4) is 0 Å². The Morgan fingerprint density at radius 2 is 2.00 bits per heavy atom. The van der Waals surface area contributed by atoms with Crippen molar-refractivity contribution in [2.24, 2.45) is 17.3 Å². The second-order valence-corrected chi connectivity index (χ2v) is 7.02. The average Bonchev–Trinajstić information content (AvgIpc) is 2.42. The fourth-order valence-corrected chi connectivity index (χ4v) is 4.52. The van der Waals surface area contributed by atoms with Gasteiger partial charge in [-0.3, -0.25) is 0 Å². The number of rotatable bonds is 0. The van der Waals surface area contributed by atoms with Crippen LogP contribution in [0, 0.1) is 17.3 Å². The van der Waals surface area contributed by atoms with Gasteiger partial charge in [0.05, 0.1) is 11.2 Å². The van der Waals surface area contributed by atoms with E-state index >= 15 is 0 Å². The van der Waals surface area contributed by atoms with Crippen LogP contribution in [-0.2, 0) is 4.74 Å². The first-order valence-corrected chi connectivity index (χ1v) is 6.77. The summed E-state index contributed by atoms with van der Waals surface area (Å²) in [6, 6.07) is 0. The van der Waals surface area contributed by atoms with Crippen molar-refractivity contribution in [2.45, 2.75) is 64.6 Å². The van der Waals surface area contributed by atoms with E-state index in [1.54, 1.807) is 0 Å². The van der Waals surface area contributed by atoms with Gasteiger partial charge in [-0.2, -0.15) is 0 Å². The van der Waals surface area contributed by atoms with Crippen LogP contribution in [0.15, 0.2) is 12.2 Å². The molecular formula is C15H24O. The Bertz CT molecular complexity index is 343. The van der Waals surface area contributed by atoms with Gasteiger partial charge in [0.25, 0.3) is 0 Å². The molecule has 3 aliphatic rings. The van der Waals surface area contributed by atoms with Crippen molar-refractivity contribution >= 4 is 0 Å². The van der Waals surface area contributed by atoms with Gasteiger partial charge < -0.3 is 4.74 Å². The highest BCUT2D eigenvalue weighted by atomic mass is 16.5. The van der Waals surface area contributed by atoms with Crippen LogP contribution in [-0.4, -0.2) is 11.2 Å². The first-order valence-electron chi connectivity index (χ1n) is 6.77. The Morgan fingerprint density at radius 1 is 1.25 bits per heavy atom. The second-order valence-electron chi connectivity index (χ2n) is 7.02. The number of ether oxygens (including phenoxy) is 1. The molecule has 1 nitrogen and oxygen atoms in total. The van der Waals surface area contributed by atoms with Crippen molar-refractivity contribution in [3.05, 3.63) is 12.2 Å². The van der Waals surface area contributed by atoms with Crippen molar-refractivity contribution < 1.29 is 4.74 Å². The van der Waals surface area contributed by atoms with Gasteiger partial charge >= 0.3 is 0 Å². The van der Waals surface area contributed by atoms with Crippen LogP contribution in [0.2, 0.25) is 0 Å². The Labute approximate surface area is 99.3 Å². The van der Waals surface area contributed by atoms with E-state index in [0.717, 1.165) is 5.92 Å². The van der Waals surface area contributed by atoms with Crippen LogP contribution in [0.1, 0.15) is 53.4 Å². The van der Waals surface area contributed by atoms with E-state index in [0.29, 0.717) is 11.3 Å². The Kier molecular flexibility index (Phi) is 1.98. The van der Waals surface area contributed by atoms with Crippen LogP contribution < -0.4 is 0 Å². The molecule has 2 fully saturated rings. The van der Waals surface area contributed by atoms with Gasteiger partial charge in [0.2, 0.25) is 0 Å². The lowest BCUT2D eigenvalue weighted by Crippen LogP contribution is -2.53. The van der Waals surface area contributed by atoms with E-state index in [1.807, 2.05) is 0 Å². The maximum Gasteiger partial charge on any atom is 0.0809 e. The summed E-state index contributed by atoms with van der Waals surface area (Å²) in [7, 11) is 0. The highest BCUT2D eigenvalue weighted by Gasteiger charge is 2.64. The molecule has 16 heavy (non-hydrogen) atoms. The molecule has 3 rings (SSSR count). The lowest BCUT2D eigenvalue weighted by Gasteiger charge is -2.53. The smallest absolute Gasteiger partial charge is 0.0809 e. The fraction of sp³-hybridized carbons (Fsp3) is 0.867. The van der Waals surface area contributed by atoms with Gasteiger partial charge in [0.15, 0.2) is 0 Å². The van der Waals surface area contributed by atoms with Crippen molar-refractivity contribution in [3.8, 4) is 0 Å². The Hall–Kier alpha value is -0.300. The third-order valence-corrected chi connectivity index (χ3v) is 5.77. The maximum atomic E-state index is 6.63. The summed E-state index contributed by atoms with van der Waals surface area (Å²) in [5.41, 5.74) is 0.608. The predicted octanol–water partition coefficient (Wildman–Crippen LogP) is 3.94. The molecule has 1 spiro atoms. The molecule has 0 aromatic rings. The Morgan fingerprint density at radius 3 is 2.75 bits per heavy atom. The van der Waals surface area contributed by atoms with Gasteiger partial charge in [-0.25, -0.2) is 0 Å². The monoisotopic (exact) mass is 220 g/mol. The zero-order valence-electron chi connectivity index (χ0n) is 11.0. The van der Waals surface area contributed by atoms with Gasteiger partial charge in [-0.1, -0.05) is 26.0 Å². The summed E-state index contributed by atoms with van der Waals surface area (Å²) in [6.45, 7) is 9.38. The average molecular weight is 220 g/mol. The highest BCUT2D eigenvalue weighted by molar-refractivity contribution is 5.20. The molecule has 4 atom stereocenters. The van der Waals surface area contributed by atoms with Crippen LogP contribution >= 0.6 is 0 Å². The molecule has 1 saturated carbocycles. The normalized spacial score (nSPS) is 53.8. The van der Waals surface area contributed by atoms with Crippen LogP contribution in [0.5, 0.6) is 0 Å². The van der Waals surface area contributed by atoms with Crippen molar-refractivity contribution in [2.75, 3.05) is 0 Å². The molecule has 0 amide bonds. The largest absolute Gasteiger partial charge is 0.368 e. The third kappa shape index (κ3) is 1.11. The molecule has 0 N–H and O–H groups in total. The number of hydrogen-bond donors (Lipinski definition) is 0. The lowest BCUT2D eigenvalue weighted by molar-refractivity contribution is -0.170. The zero-order valence-corrected chi connectivity index (χ0v) is 11.0. The number of allylic oxidation sites excluding steroid dienone is 1. The standard InChI is InChI=1S/C15H24O/c1-11-6-5-8-14(4)9-7-12-10-15(11,14)16-13(12,2)3/h5-6,11-12H,7-10H2,1-4H3/t11-,12-,14+,15+/m1/s1. The minimum atomic E-state index is 0.0944. The van der Waals surface area contributed by atoms with Gasteiger partial charge in [-0.15, -0.1) is 0 Å². The lowest BCUT2D eigenvalue weighted by atomic mass is 9.54. The van der Waals surface area contributed by atoms with Crippen LogP contribution in [0.25, 0.3) is 0 Å². The number of fused-ring (bicyclic) bond motifs is 1. The molecule has 90 valence electrons. The van der Waals surface area contributed by atoms with E-state index in [1.165, 1.54) is 25.7 Å². The maximum absolute atomic E-state index is 6.63. The molecule has 1 heterocycles. The first kappa shape index (κ1) is 10.8. The molecular weight excluding hydrogens is 196 g/mol. The van der Waals surface area contributed by atoms with Crippen molar-refractivity contribution in [3.63, 3.8) is 0 Å². The minimum absolute atomic E-state index is 0.0944. The first-order chi connectivity index (χ1) is 7.40. The second kappa shape index (κ2) is 2.93. The molecule has 1 saturated heterocycles. The molecule has 1 aliphatic heterocycles. The summed E-state index contributed by atoms with van der Waals surface area (Å²) in [4.78, 5) is 0. The van der Waals surface area contributed by atoms with Crippen LogP contribution in [0.4, 0.5) is 0 Å². The summed E-state index contributed by atoms with van der Waals surface area (Å²) in [5, 5.41) is 0. The molecule has 1 heteroatoms. The Balaban J connectivity index is 2.09. The summed E-state index contributed by atoms with van der Waals surface area (Å²) >= 11 is 0. The van der Waals surface area contributed by atoms with E-state index < -0.39 is 0 Å². The topological polar surface area (TPSA) is 9.23 Å². The van der Waals surface area contributed by atoms with E-state index in [9.17, 15) is 0 Å². The zero-order chi connectivity index (χ0) is 11.6. The molecule has 2 aliphatic carbocycles. The van der Waals surface area contributed by atoms with Crippen molar-refractivity contribution in [1.82, 2.24) is 0 Å². The highest BCUT2D eigenvalue weighted by Crippen LogP contribution is 2.64. The van der Waals surface area contributed by atoms with E-state index in [4.69, 9.17) is 4.74 Å². The molecule has 0 aromatic heterocycles. The van der Waals surface area contributed by atoms with E-state index in [2.05, 4.69) is 39.8 Å². The minimum Gasteiger partial charge on any atom is -0.368 e. The van der Waals surface area contributed by atoms with Gasteiger partial charge in [-0.05, 0) is 45.4 Å². The third-order valence-electron chi connectivity index (χ3n) is 5.77. The fourth-order valence-electron chi connectivity index (χ4n) is 4.52. The number of hydrogen-bond acceptors (Lipinski definition) is 1. The molecule has 0 unspecified atom stereocenters. The molecule has 0 radical (unpaired) electrons. The van der Waals surface area contributed by atoms with Gasteiger partial charge in [0.1, 0.15) is 0 Å².